The van der Waals surface area contributed by atoms with Crippen molar-refractivity contribution in [2.24, 2.45) is 11.8 Å². The second kappa shape index (κ2) is 10.7. The van der Waals surface area contributed by atoms with E-state index in [1.165, 1.54) is 6.92 Å². The molecule has 0 heterocycles. The van der Waals surface area contributed by atoms with Crippen molar-refractivity contribution in [1.29, 1.82) is 0 Å². The molecule has 2 aliphatic rings. The van der Waals surface area contributed by atoms with Crippen molar-refractivity contribution in [3.8, 4) is 0 Å². The first-order valence-electron chi connectivity index (χ1n) is 10.3. The van der Waals surface area contributed by atoms with Crippen LogP contribution in [0.15, 0.2) is 24.3 Å². The van der Waals surface area contributed by atoms with Gasteiger partial charge < -0.3 is 24.4 Å². The van der Waals surface area contributed by atoms with Crippen LogP contribution in [0.2, 0.25) is 0 Å². The van der Waals surface area contributed by atoms with Gasteiger partial charge in [0.2, 0.25) is 0 Å². The van der Waals surface area contributed by atoms with Crippen LogP contribution in [-0.4, -0.2) is 59.1 Å². The summed E-state index contributed by atoms with van der Waals surface area (Å²) in [6.45, 7) is 10.3. The number of aliphatic hydroxyl groups is 2. The first-order valence-corrected chi connectivity index (χ1v) is 10.3. The van der Waals surface area contributed by atoms with Gasteiger partial charge in [-0.3, -0.25) is 4.79 Å². The Morgan fingerprint density at radius 1 is 0.833 bits per heavy atom. The third-order valence-electron chi connectivity index (χ3n) is 5.63. The molecule has 8 nitrogen and oxygen atoms in total. The second-order valence-corrected chi connectivity index (χ2v) is 8.40. The fourth-order valence-corrected chi connectivity index (χ4v) is 3.74. The molecule has 2 saturated carbocycles. The van der Waals surface area contributed by atoms with Crippen LogP contribution in [0.25, 0.3) is 0 Å². The van der Waals surface area contributed by atoms with Gasteiger partial charge in [0.15, 0.2) is 0 Å². The van der Waals surface area contributed by atoms with Gasteiger partial charge in [0.25, 0.3) is 0 Å². The summed E-state index contributed by atoms with van der Waals surface area (Å²) in [5, 5.41) is 20.3. The Kier molecular flexibility index (Phi) is 8.61. The third-order valence-corrected chi connectivity index (χ3v) is 5.63. The average Bonchev–Trinajstić information content (AvgIpc) is 2.69. The van der Waals surface area contributed by atoms with Crippen molar-refractivity contribution in [2.75, 3.05) is 6.61 Å². The molecular weight excluding hydrogens is 392 g/mol. The van der Waals surface area contributed by atoms with Crippen molar-refractivity contribution in [3.63, 3.8) is 0 Å². The molecule has 0 bridgehead atoms. The average molecular weight is 424 g/mol. The van der Waals surface area contributed by atoms with E-state index in [1.54, 1.807) is 6.92 Å². The van der Waals surface area contributed by atoms with Gasteiger partial charge in [0.1, 0.15) is 12.2 Å². The Labute approximate surface area is 176 Å². The van der Waals surface area contributed by atoms with Crippen molar-refractivity contribution >= 4 is 17.9 Å². The molecule has 2 fully saturated rings. The molecule has 8 heteroatoms. The zero-order valence-electron chi connectivity index (χ0n) is 17.7. The van der Waals surface area contributed by atoms with Crippen LogP contribution in [0.1, 0.15) is 52.4 Å². The quantitative estimate of drug-likeness (QED) is 0.361. The zero-order chi connectivity index (χ0) is 22.4. The number of rotatable bonds is 7. The molecule has 2 aliphatic carbocycles. The number of ether oxygens (including phenoxy) is 3. The van der Waals surface area contributed by atoms with Gasteiger partial charge in [-0.05, 0) is 51.9 Å². The molecule has 0 aromatic rings. The molecule has 0 saturated heterocycles. The van der Waals surface area contributed by atoms with Crippen molar-refractivity contribution in [1.82, 2.24) is 0 Å². The molecule has 0 aromatic carbocycles. The maximum atomic E-state index is 12.5. The van der Waals surface area contributed by atoms with Crippen LogP contribution in [0.3, 0.4) is 0 Å². The van der Waals surface area contributed by atoms with Crippen molar-refractivity contribution in [3.05, 3.63) is 24.3 Å². The molecule has 0 aliphatic heterocycles. The third kappa shape index (κ3) is 6.67. The van der Waals surface area contributed by atoms with Crippen LogP contribution in [-0.2, 0) is 28.6 Å². The van der Waals surface area contributed by atoms with Crippen molar-refractivity contribution in [2.45, 2.75) is 76.8 Å². The lowest BCUT2D eigenvalue weighted by Gasteiger charge is -2.34. The first-order chi connectivity index (χ1) is 14.1. The summed E-state index contributed by atoms with van der Waals surface area (Å²) < 4.78 is 15.9. The number of aliphatic hydroxyl groups excluding tert-OH is 2. The Morgan fingerprint density at radius 3 is 2.00 bits per heavy atom. The topological polar surface area (TPSA) is 119 Å². The summed E-state index contributed by atoms with van der Waals surface area (Å²) in [6, 6.07) is 0. The van der Waals surface area contributed by atoms with Gasteiger partial charge >= 0.3 is 17.9 Å². The van der Waals surface area contributed by atoms with E-state index in [4.69, 9.17) is 14.2 Å². The number of hydrogen-bond donors (Lipinski definition) is 2. The monoisotopic (exact) mass is 424 g/mol. The summed E-state index contributed by atoms with van der Waals surface area (Å²) >= 11 is 0. The minimum Gasteiger partial charge on any atom is -0.465 e. The summed E-state index contributed by atoms with van der Waals surface area (Å²) in [7, 11) is 0. The van der Waals surface area contributed by atoms with Gasteiger partial charge in [-0.2, -0.15) is 0 Å². The smallest absolute Gasteiger partial charge is 0.333 e. The van der Waals surface area contributed by atoms with Gasteiger partial charge in [0.05, 0.1) is 24.7 Å². The van der Waals surface area contributed by atoms with Crippen LogP contribution in [0.5, 0.6) is 0 Å². The van der Waals surface area contributed by atoms with Gasteiger partial charge in [0, 0.05) is 17.6 Å². The molecule has 2 rings (SSSR count). The molecule has 6 atom stereocenters. The van der Waals surface area contributed by atoms with Crippen LogP contribution < -0.4 is 0 Å². The molecular formula is C22H32O8. The summed E-state index contributed by atoms with van der Waals surface area (Å²) in [4.78, 5) is 35.8. The van der Waals surface area contributed by atoms with Crippen LogP contribution in [0.4, 0.5) is 0 Å². The highest BCUT2D eigenvalue weighted by molar-refractivity contribution is 5.87. The van der Waals surface area contributed by atoms with E-state index in [0.717, 1.165) is 0 Å². The Bertz CT molecular complexity index is 685. The number of carbonyl (C=O) groups is 3. The minimum atomic E-state index is -0.818. The molecule has 0 aromatic heterocycles. The van der Waals surface area contributed by atoms with E-state index >= 15 is 0 Å². The van der Waals surface area contributed by atoms with Gasteiger partial charge in [-0.15, -0.1) is 0 Å². The molecule has 2 N–H and O–H groups in total. The minimum absolute atomic E-state index is 0.0325. The fraction of sp³-hybridized carbons (Fsp3) is 0.682. The van der Waals surface area contributed by atoms with Gasteiger partial charge in [-0.1, -0.05) is 13.2 Å². The Hall–Kier alpha value is -2.19. The predicted octanol–water partition coefficient (Wildman–Crippen LogP) is 1.83. The van der Waals surface area contributed by atoms with E-state index in [2.05, 4.69) is 13.2 Å². The van der Waals surface area contributed by atoms with Gasteiger partial charge in [-0.25, -0.2) is 9.59 Å². The zero-order valence-corrected chi connectivity index (χ0v) is 17.7. The lowest BCUT2D eigenvalue weighted by molar-refractivity contribution is -0.165. The molecule has 30 heavy (non-hydrogen) atoms. The molecule has 0 amide bonds. The molecule has 168 valence electrons. The highest BCUT2D eigenvalue weighted by Crippen LogP contribution is 2.30. The molecule has 6 unspecified atom stereocenters. The normalized spacial score (nSPS) is 31.3. The van der Waals surface area contributed by atoms with Crippen LogP contribution in [0, 0.1) is 11.8 Å². The highest BCUT2D eigenvalue weighted by atomic mass is 16.6. The SMILES string of the molecule is C=C(C)C(=O)OC1CCC(COC(=O)C2CCC(O)C(OC(=O)C(=C)C)C2)CC1O. The first kappa shape index (κ1) is 24.1. The fourth-order valence-electron chi connectivity index (χ4n) is 3.74. The number of esters is 3. The second-order valence-electron chi connectivity index (χ2n) is 8.40. The number of hydrogen-bond acceptors (Lipinski definition) is 8. The standard InChI is InChI=1S/C22H32O8/c1-12(2)20(25)29-18-8-5-14(9-17(18)24)11-28-22(27)15-6-7-16(23)19(10-15)30-21(26)13(3)4/h14-19,23-24H,1,3,5-11H2,2,4H3. The maximum Gasteiger partial charge on any atom is 0.333 e. The van der Waals surface area contributed by atoms with Crippen LogP contribution >= 0.6 is 0 Å². The summed E-state index contributed by atoms with van der Waals surface area (Å²) in [6.07, 6.45) is -0.483. The number of carbonyl (C=O) groups excluding carboxylic acids is 3. The van der Waals surface area contributed by atoms with E-state index in [1.807, 2.05) is 0 Å². The van der Waals surface area contributed by atoms with E-state index in [9.17, 15) is 24.6 Å². The predicted molar refractivity (Wildman–Crippen MR) is 107 cm³/mol. The largest absolute Gasteiger partial charge is 0.465 e. The lowest BCUT2D eigenvalue weighted by atomic mass is 9.84. The summed E-state index contributed by atoms with van der Waals surface area (Å²) in [5.74, 6) is -2.01. The van der Waals surface area contributed by atoms with E-state index in [-0.39, 0.29) is 30.1 Å². The van der Waals surface area contributed by atoms with E-state index in [0.29, 0.717) is 32.1 Å². The Balaban J connectivity index is 1.79. The molecule has 0 spiro atoms. The lowest BCUT2D eigenvalue weighted by Crippen LogP contribution is -2.41. The van der Waals surface area contributed by atoms with E-state index < -0.39 is 48.2 Å². The highest BCUT2D eigenvalue weighted by Gasteiger charge is 2.37. The summed E-state index contributed by atoms with van der Waals surface area (Å²) in [5.41, 5.74) is 0.512. The molecule has 0 radical (unpaired) electrons. The maximum absolute atomic E-state index is 12.5. The Morgan fingerprint density at radius 2 is 1.43 bits per heavy atom. The van der Waals surface area contributed by atoms with Crippen molar-refractivity contribution < 1.29 is 38.8 Å².